The number of allylic oxidation sites excluding steroid dienone is 2. The Morgan fingerprint density at radius 2 is 1.20 bits per heavy atom. The van der Waals surface area contributed by atoms with Crippen LogP contribution < -0.4 is 11.5 Å². The number of carbonyl (C=O) groups is 2. The molecule has 0 atom stereocenters. The zero-order chi connectivity index (χ0) is 15.7. The molecule has 0 aliphatic rings. The first-order valence-electron chi connectivity index (χ1n) is 6.61. The normalized spacial score (nSPS) is 9.80. The molecule has 0 aromatic carbocycles. The van der Waals surface area contributed by atoms with Crippen LogP contribution in [-0.2, 0) is 9.59 Å². The van der Waals surface area contributed by atoms with E-state index < -0.39 is 5.91 Å². The SMILES string of the molecule is C=C(CCCCCCC(N)=O)C(=C)C(=C)C(=C)C(N)=O. The zero-order valence-corrected chi connectivity index (χ0v) is 12.0. The van der Waals surface area contributed by atoms with Crippen LogP contribution in [0, 0.1) is 0 Å². The Morgan fingerprint density at radius 1 is 0.700 bits per heavy atom. The van der Waals surface area contributed by atoms with Crippen LogP contribution in [0.25, 0.3) is 0 Å². The second kappa shape index (κ2) is 8.91. The summed E-state index contributed by atoms with van der Waals surface area (Å²) >= 11 is 0. The van der Waals surface area contributed by atoms with Crippen LogP contribution in [-0.4, -0.2) is 11.8 Å². The summed E-state index contributed by atoms with van der Waals surface area (Å²) in [4.78, 5) is 21.6. The van der Waals surface area contributed by atoms with Crippen LogP contribution in [0.5, 0.6) is 0 Å². The Labute approximate surface area is 120 Å². The number of hydrogen-bond acceptors (Lipinski definition) is 2. The van der Waals surface area contributed by atoms with Crippen molar-refractivity contribution in [2.75, 3.05) is 0 Å². The van der Waals surface area contributed by atoms with E-state index in [2.05, 4.69) is 26.3 Å². The molecule has 110 valence electrons. The molecule has 0 aliphatic carbocycles. The van der Waals surface area contributed by atoms with Gasteiger partial charge in [0.2, 0.25) is 11.8 Å². The highest BCUT2D eigenvalue weighted by Crippen LogP contribution is 2.24. The van der Waals surface area contributed by atoms with E-state index in [0.29, 0.717) is 17.6 Å². The van der Waals surface area contributed by atoms with Crippen molar-refractivity contribution in [1.82, 2.24) is 0 Å². The Hall–Kier alpha value is -2.10. The maximum atomic E-state index is 11.0. The predicted molar refractivity (Wildman–Crippen MR) is 82.7 cm³/mol. The second-order valence-electron chi connectivity index (χ2n) is 4.78. The molecule has 4 nitrogen and oxygen atoms in total. The molecule has 2 amide bonds. The first-order chi connectivity index (χ1) is 9.27. The van der Waals surface area contributed by atoms with Gasteiger partial charge in [-0.15, -0.1) is 0 Å². The van der Waals surface area contributed by atoms with E-state index in [1.165, 1.54) is 0 Å². The van der Waals surface area contributed by atoms with Gasteiger partial charge in [-0.05, 0) is 36.0 Å². The van der Waals surface area contributed by atoms with Crippen LogP contribution >= 0.6 is 0 Å². The number of unbranched alkanes of at least 4 members (excludes halogenated alkanes) is 3. The van der Waals surface area contributed by atoms with Crippen molar-refractivity contribution in [1.29, 1.82) is 0 Å². The molecular weight excluding hydrogens is 252 g/mol. The van der Waals surface area contributed by atoms with Crippen molar-refractivity contribution in [3.8, 4) is 0 Å². The molecule has 0 radical (unpaired) electrons. The standard InChI is InChI=1S/C16H24N2O2/c1-11(9-7-5-6-8-10-15(17)19)12(2)13(3)14(4)16(18)20/h1-10H2,(H2,17,19)(H2,18,20). The quantitative estimate of drug-likeness (QED) is 0.345. The summed E-state index contributed by atoms with van der Waals surface area (Å²) < 4.78 is 0. The Kier molecular flexibility index (Phi) is 7.97. The summed E-state index contributed by atoms with van der Waals surface area (Å²) in [5.74, 6) is -0.862. The van der Waals surface area contributed by atoms with Crippen LogP contribution in [0.1, 0.15) is 38.5 Å². The van der Waals surface area contributed by atoms with Gasteiger partial charge >= 0.3 is 0 Å². The third-order valence-corrected chi connectivity index (χ3v) is 3.10. The lowest BCUT2D eigenvalue weighted by molar-refractivity contribution is -0.118. The van der Waals surface area contributed by atoms with E-state index in [4.69, 9.17) is 11.5 Å². The molecule has 0 saturated carbocycles. The Bertz CT molecular complexity index is 447. The van der Waals surface area contributed by atoms with Gasteiger partial charge in [-0.25, -0.2) is 0 Å². The summed E-state index contributed by atoms with van der Waals surface area (Å²) in [5, 5.41) is 0. The van der Waals surface area contributed by atoms with E-state index in [1.54, 1.807) is 0 Å². The molecule has 0 spiro atoms. The molecule has 0 saturated heterocycles. The first kappa shape index (κ1) is 17.9. The monoisotopic (exact) mass is 276 g/mol. The highest BCUT2D eigenvalue weighted by Gasteiger charge is 2.11. The average Bonchev–Trinajstić information content (AvgIpc) is 2.39. The molecular formula is C16H24N2O2. The number of carbonyl (C=O) groups excluding carboxylic acids is 2. The molecule has 4 heteroatoms. The highest BCUT2D eigenvalue weighted by atomic mass is 16.1. The Balaban J connectivity index is 4.01. The fourth-order valence-electron chi connectivity index (χ4n) is 1.69. The second-order valence-corrected chi connectivity index (χ2v) is 4.78. The fraction of sp³-hybridized carbons (Fsp3) is 0.375. The molecule has 0 heterocycles. The van der Waals surface area contributed by atoms with Gasteiger partial charge in [0.1, 0.15) is 0 Å². The van der Waals surface area contributed by atoms with Gasteiger partial charge in [0.25, 0.3) is 0 Å². The molecule has 0 aliphatic heterocycles. The van der Waals surface area contributed by atoms with Gasteiger partial charge in [0.15, 0.2) is 0 Å². The summed E-state index contributed by atoms with van der Waals surface area (Å²) in [7, 11) is 0. The van der Waals surface area contributed by atoms with E-state index >= 15 is 0 Å². The highest BCUT2D eigenvalue weighted by molar-refractivity contribution is 5.97. The largest absolute Gasteiger partial charge is 0.370 e. The van der Waals surface area contributed by atoms with Crippen molar-refractivity contribution in [3.05, 3.63) is 48.6 Å². The Morgan fingerprint density at radius 3 is 1.65 bits per heavy atom. The number of nitrogens with two attached hydrogens (primary N) is 2. The summed E-state index contributed by atoms with van der Waals surface area (Å²) in [5.41, 5.74) is 12.3. The maximum Gasteiger partial charge on any atom is 0.248 e. The molecule has 0 rings (SSSR count). The maximum absolute atomic E-state index is 11.0. The third kappa shape index (κ3) is 6.73. The fourth-order valence-corrected chi connectivity index (χ4v) is 1.69. The van der Waals surface area contributed by atoms with E-state index in [0.717, 1.165) is 37.7 Å². The van der Waals surface area contributed by atoms with Crippen LogP contribution in [0.4, 0.5) is 0 Å². The van der Waals surface area contributed by atoms with Crippen molar-refractivity contribution >= 4 is 11.8 Å². The number of hydrogen-bond donors (Lipinski definition) is 2. The molecule has 0 aromatic rings. The van der Waals surface area contributed by atoms with E-state index in [9.17, 15) is 9.59 Å². The van der Waals surface area contributed by atoms with E-state index in [-0.39, 0.29) is 11.5 Å². The molecule has 4 N–H and O–H groups in total. The first-order valence-corrected chi connectivity index (χ1v) is 6.61. The number of amides is 2. The molecule has 20 heavy (non-hydrogen) atoms. The average molecular weight is 276 g/mol. The van der Waals surface area contributed by atoms with Gasteiger partial charge in [-0.2, -0.15) is 0 Å². The lowest BCUT2D eigenvalue weighted by atomic mass is 9.93. The van der Waals surface area contributed by atoms with Gasteiger partial charge in [-0.1, -0.05) is 39.2 Å². The topological polar surface area (TPSA) is 86.2 Å². The number of primary amides is 2. The van der Waals surface area contributed by atoms with Gasteiger partial charge < -0.3 is 11.5 Å². The van der Waals surface area contributed by atoms with Crippen LogP contribution in [0.15, 0.2) is 48.6 Å². The summed E-state index contributed by atoms with van der Waals surface area (Å²) in [6.07, 6.45) is 4.89. The molecule has 0 aromatic heterocycles. The summed E-state index contributed by atoms with van der Waals surface area (Å²) in [6, 6.07) is 0. The molecule has 0 unspecified atom stereocenters. The summed E-state index contributed by atoms with van der Waals surface area (Å²) in [6.45, 7) is 15.1. The lowest BCUT2D eigenvalue weighted by Crippen LogP contribution is -2.15. The predicted octanol–water partition coefficient (Wildman–Crippen LogP) is 2.52. The van der Waals surface area contributed by atoms with Crippen molar-refractivity contribution in [3.63, 3.8) is 0 Å². The van der Waals surface area contributed by atoms with Gasteiger partial charge in [0.05, 0.1) is 0 Å². The van der Waals surface area contributed by atoms with E-state index in [1.807, 2.05) is 0 Å². The van der Waals surface area contributed by atoms with Crippen LogP contribution in [0.3, 0.4) is 0 Å². The minimum absolute atomic E-state index is 0.164. The minimum Gasteiger partial charge on any atom is -0.370 e. The molecule has 0 fully saturated rings. The third-order valence-electron chi connectivity index (χ3n) is 3.10. The lowest BCUT2D eigenvalue weighted by Gasteiger charge is -2.12. The number of rotatable bonds is 11. The zero-order valence-electron chi connectivity index (χ0n) is 12.0. The molecule has 0 bridgehead atoms. The smallest absolute Gasteiger partial charge is 0.248 e. The van der Waals surface area contributed by atoms with Crippen molar-refractivity contribution in [2.45, 2.75) is 38.5 Å². The minimum atomic E-state index is -0.601. The van der Waals surface area contributed by atoms with Crippen LogP contribution in [0.2, 0.25) is 0 Å². The van der Waals surface area contributed by atoms with Crippen molar-refractivity contribution < 1.29 is 9.59 Å². The van der Waals surface area contributed by atoms with Crippen molar-refractivity contribution in [2.24, 2.45) is 11.5 Å². The van der Waals surface area contributed by atoms with Gasteiger partial charge in [0, 0.05) is 12.0 Å². The van der Waals surface area contributed by atoms with Gasteiger partial charge in [-0.3, -0.25) is 9.59 Å².